The second kappa shape index (κ2) is 5.90. The number of para-hydroxylation sites is 1. The highest BCUT2D eigenvalue weighted by molar-refractivity contribution is 5.55. The van der Waals surface area contributed by atoms with Crippen LogP contribution in [0.5, 0.6) is 0 Å². The van der Waals surface area contributed by atoms with Crippen molar-refractivity contribution in [3.05, 3.63) is 29.8 Å². The van der Waals surface area contributed by atoms with Gasteiger partial charge in [-0.25, -0.2) is 0 Å². The number of benzene rings is 1. The van der Waals surface area contributed by atoms with Gasteiger partial charge in [0.25, 0.3) is 0 Å². The largest absolute Gasteiger partial charge is 0.371 e. The Morgan fingerprint density at radius 3 is 2.25 bits per heavy atom. The summed E-state index contributed by atoms with van der Waals surface area (Å²) >= 11 is 0. The van der Waals surface area contributed by atoms with E-state index < -0.39 is 0 Å². The zero-order valence-electron chi connectivity index (χ0n) is 10.9. The van der Waals surface area contributed by atoms with E-state index in [0.717, 1.165) is 0 Å². The highest BCUT2D eigenvalue weighted by Gasteiger charge is 2.15. The third-order valence-corrected chi connectivity index (χ3v) is 3.30. The summed E-state index contributed by atoms with van der Waals surface area (Å²) in [5.74, 6) is 0. The molecular formula is C14H24N2. The minimum Gasteiger partial charge on any atom is -0.371 e. The molecule has 0 amide bonds. The van der Waals surface area contributed by atoms with E-state index in [1.165, 1.54) is 24.1 Å². The van der Waals surface area contributed by atoms with Crippen molar-refractivity contribution in [3.8, 4) is 0 Å². The first-order valence-corrected chi connectivity index (χ1v) is 6.19. The maximum absolute atomic E-state index is 6.01. The van der Waals surface area contributed by atoms with Crippen LogP contribution in [0.1, 0.15) is 45.2 Å². The summed E-state index contributed by atoms with van der Waals surface area (Å²) in [6.45, 7) is 6.51. The summed E-state index contributed by atoms with van der Waals surface area (Å²) in [6, 6.07) is 9.12. The Balaban J connectivity index is 3.02. The van der Waals surface area contributed by atoms with Crippen LogP contribution in [-0.2, 0) is 0 Å². The topological polar surface area (TPSA) is 29.3 Å². The summed E-state index contributed by atoms with van der Waals surface area (Å²) in [6.07, 6.45) is 2.33. The van der Waals surface area contributed by atoms with Crippen LogP contribution in [0.2, 0.25) is 0 Å². The van der Waals surface area contributed by atoms with Crippen LogP contribution in [0, 0.1) is 0 Å². The molecule has 0 heterocycles. The van der Waals surface area contributed by atoms with E-state index in [-0.39, 0.29) is 6.04 Å². The van der Waals surface area contributed by atoms with E-state index in [0.29, 0.717) is 6.04 Å². The average Bonchev–Trinajstić information content (AvgIpc) is 2.30. The lowest BCUT2D eigenvalue weighted by Crippen LogP contribution is -2.31. The Labute approximate surface area is 99.5 Å². The van der Waals surface area contributed by atoms with Crippen LogP contribution < -0.4 is 10.6 Å². The van der Waals surface area contributed by atoms with Crippen molar-refractivity contribution in [1.29, 1.82) is 0 Å². The van der Waals surface area contributed by atoms with Gasteiger partial charge in [-0.2, -0.15) is 0 Å². The molecule has 2 heteroatoms. The molecular weight excluding hydrogens is 196 g/mol. The third-order valence-electron chi connectivity index (χ3n) is 3.30. The van der Waals surface area contributed by atoms with E-state index in [4.69, 9.17) is 5.73 Å². The number of hydrogen-bond acceptors (Lipinski definition) is 2. The third kappa shape index (κ3) is 2.76. The standard InChI is InChI=1S/C14H24N2/c1-5-12(6-2)16(4)14-10-8-7-9-13(14)11(3)15/h7-12H,5-6,15H2,1-4H3/t11-/m1/s1. The fourth-order valence-electron chi connectivity index (χ4n) is 2.23. The van der Waals surface area contributed by atoms with Crippen LogP contribution in [-0.4, -0.2) is 13.1 Å². The summed E-state index contributed by atoms with van der Waals surface area (Å²) in [5, 5.41) is 0. The summed E-state index contributed by atoms with van der Waals surface area (Å²) in [7, 11) is 2.17. The van der Waals surface area contributed by atoms with Gasteiger partial charge in [-0.3, -0.25) is 0 Å². The minimum absolute atomic E-state index is 0.0908. The highest BCUT2D eigenvalue weighted by Crippen LogP contribution is 2.26. The molecule has 16 heavy (non-hydrogen) atoms. The first kappa shape index (κ1) is 13.0. The summed E-state index contributed by atoms with van der Waals surface area (Å²) in [5.41, 5.74) is 8.51. The zero-order valence-corrected chi connectivity index (χ0v) is 10.9. The quantitative estimate of drug-likeness (QED) is 0.824. The fourth-order valence-corrected chi connectivity index (χ4v) is 2.23. The molecule has 0 aliphatic rings. The monoisotopic (exact) mass is 220 g/mol. The van der Waals surface area contributed by atoms with Crippen molar-refractivity contribution in [1.82, 2.24) is 0 Å². The summed E-state index contributed by atoms with van der Waals surface area (Å²) in [4.78, 5) is 2.36. The molecule has 1 atom stereocenters. The Morgan fingerprint density at radius 1 is 1.19 bits per heavy atom. The van der Waals surface area contributed by atoms with E-state index in [1.807, 2.05) is 6.92 Å². The molecule has 2 N–H and O–H groups in total. The SMILES string of the molecule is CCC(CC)N(C)c1ccccc1[C@@H](C)N. The molecule has 0 bridgehead atoms. The van der Waals surface area contributed by atoms with Gasteiger partial charge in [-0.05, 0) is 31.4 Å². The number of hydrogen-bond donors (Lipinski definition) is 1. The first-order valence-electron chi connectivity index (χ1n) is 6.19. The van der Waals surface area contributed by atoms with E-state index in [1.54, 1.807) is 0 Å². The molecule has 0 saturated carbocycles. The molecule has 0 fully saturated rings. The van der Waals surface area contributed by atoms with Crippen LogP contribution in [0.15, 0.2) is 24.3 Å². The Bertz CT molecular complexity index is 316. The predicted octanol–water partition coefficient (Wildman–Crippen LogP) is 3.33. The number of nitrogens with two attached hydrogens (primary N) is 1. The molecule has 0 spiro atoms. The van der Waals surface area contributed by atoms with Gasteiger partial charge in [0.2, 0.25) is 0 Å². The van der Waals surface area contributed by atoms with Crippen LogP contribution in [0.3, 0.4) is 0 Å². The van der Waals surface area contributed by atoms with Crippen molar-refractivity contribution >= 4 is 5.69 Å². The lowest BCUT2D eigenvalue weighted by atomic mass is 10.0. The number of rotatable bonds is 5. The van der Waals surface area contributed by atoms with Gasteiger partial charge in [0.05, 0.1) is 0 Å². The van der Waals surface area contributed by atoms with Gasteiger partial charge < -0.3 is 10.6 Å². The molecule has 1 aromatic carbocycles. The number of anilines is 1. The lowest BCUT2D eigenvalue weighted by molar-refractivity contribution is 0.588. The number of nitrogens with zero attached hydrogens (tertiary/aromatic N) is 1. The van der Waals surface area contributed by atoms with Crippen molar-refractivity contribution in [2.45, 2.75) is 45.7 Å². The summed E-state index contributed by atoms with van der Waals surface area (Å²) < 4.78 is 0. The fraction of sp³-hybridized carbons (Fsp3) is 0.571. The molecule has 0 saturated heterocycles. The van der Waals surface area contributed by atoms with E-state index in [2.05, 4.69) is 50.1 Å². The Hall–Kier alpha value is -1.02. The molecule has 0 radical (unpaired) electrons. The van der Waals surface area contributed by atoms with Crippen molar-refractivity contribution < 1.29 is 0 Å². The lowest BCUT2D eigenvalue weighted by Gasteiger charge is -2.31. The maximum atomic E-state index is 6.01. The van der Waals surface area contributed by atoms with Gasteiger partial charge in [-0.15, -0.1) is 0 Å². The zero-order chi connectivity index (χ0) is 12.1. The van der Waals surface area contributed by atoms with E-state index >= 15 is 0 Å². The normalized spacial score (nSPS) is 12.9. The van der Waals surface area contributed by atoms with Crippen molar-refractivity contribution in [2.75, 3.05) is 11.9 Å². The molecule has 0 aliphatic heterocycles. The molecule has 90 valence electrons. The van der Waals surface area contributed by atoms with Crippen molar-refractivity contribution in [3.63, 3.8) is 0 Å². The molecule has 0 aliphatic carbocycles. The van der Waals surface area contributed by atoms with Crippen LogP contribution in [0.25, 0.3) is 0 Å². The molecule has 0 aromatic heterocycles. The van der Waals surface area contributed by atoms with Crippen LogP contribution in [0.4, 0.5) is 5.69 Å². The second-order valence-electron chi connectivity index (χ2n) is 4.43. The smallest absolute Gasteiger partial charge is 0.0414 e. The Kier molecular flexibility index (Phi) is 4.81. The van der Waals surface area contributed by atoms with Crippen molar-refractivity contribution in [2.24, 2.45) is 5.73 Å². The molecule has 2 nitrogen and oxygen atoms in total. The highest BCUT2D eigenvalue weighted by atomic mass is 15.1. The predicted molar refractivity (Wildman–Crippen MR) is 71.8 cm³/mol. The Morgan fingerprint density at radius 2 is 1.75 bits per heavy atom. The van der Waals surface area contributed by atoms with Crippen LogP contribution >= 0.6 is 0 Å². The maximum Gasteiger partial charge on any atom is 0.0414 e. The first-order chi connectivity index (χ1) is 7.61. The average molecular weight is 220 g/mol. The van der Waals surface area contributed by atoms with Gasteiger partial charge in [0, 0.05) is 24.8 Å². The van der Waals surface area contributed by atoms with E-state index in [9.17, 15) is 0 Å². The minimum atomic E-state index is 0.0908. The molecule has 1 aromatic rings. The van der Waals surface area contributed by atoms with Gasteiger partial charge >= 0.3 is 0 Å². The van der Waals surface area contributed by atoms with Gasteiger partial charge in [-0.1, -0.05) is 32.0 Å². The van der Waals surface area contributed by atoms with Gasteiger partial charge in [0.15, 0.2) is 0 Å². The van der Waals surface area contributed by atoms with Gasteiger partial charge in [0.1, 0.15) is 0 Å². The molecule has 0 unspecified atom stereocenters. The second-order valence-corrected chi connectivity index (χ2v) is 4.43. The molecule has 1 rings (SSSR count).